The van der Waals surface area contributed by atoms with Gasteiger partial charge in [0.2, 0.25) is 5.91 Å². The molecule has 0 aliphatic rings. The molecule has 2 unspecified atom stereocenters. The zero-order chi connectivity index (χ0) is 50.7. The van der Waals surface area contributed by atoms with E-state index in [4.69, 9.17) is 4.74 Å². The van der Waals surface area contributed by atoms with Crippen molar-refractivity contribution in [2.45, 2.75) is 347 Å². The quantitative estimate of drug-likeness (QED) is 0.0321. The van der Waals surface area contributed by atoms with E-state index in [2.05, 4.69) is 55.6 Å². The number of aliphatic hydroxyl groups excluding tert-OH is 2. The number of aliphatic hydroxyl groups is 2. The lowest BCUT2D eigenvalue weighted by Crippen LogP contribution is -2.45. The minimum atomic E-state index is -0.675. The molecule has 0 aliphatic heterocycles. The molecule has 0 aliphatic carbocycles. The van der Waals surface area contributed by atoms with Crippen molar-refractivity contribution in [1.82, 2.24) is 5.32 Å². The van der Waals surface area contributed by atoms with Crippen molar-refractivity contribution in [3.05, 3.63) is 36.5 Å². The van der Waals surface area contributed by atoms with Gasteiger partial charge in [-0.15, -0.1) is 0 Å². The van der Waals surface area contributed by atoms with Crippen molar-refractivity contribution in [1.29, 1.82) is 0 Å². The summed E-state index contributed by atoms with van der Waals surface area (Å²) in [6, 6.07) is -0.553. The van der Waals surface area contributed by atoms with Gasteiger partial charge in [0.05, 0.1) is 25.4 Å². The monoisotopic (exact) mass is 984 g/mol. The summed E-state index contributed by atoms with van der Waals surface area (Å²) in [5.41, 5.74) is 0. The highest BCUT2D eigenvalue weighted by molar-refractivity contribution is 5.76. The molecule has 0 heterocycles. The number of carbonyl (C=O) groups excluding carboxylic acids is 2. The molecule has 70 heavy (non-hydrogen) atoms. The Balaban J connectivity index is 3.46. The molecular formula is C64H121NO5. The van der Waals surface area contributed by atoms with E-state index < -0.39 is 12.1 Å². The molecule has 0 aromatic heterocycles. The summed E-state index contributed by atoms with van der Waals surface area (Å²) in [6.45, 7) is 4.91. The molecule has 1 amide bonds. The van der Waals surface area contributed by atoms with Crippen LogP contribution < -0.4 is 5.32 Å². The zero-order valence-corrected chi connectivity index (χ0v) is 47.0. The van der Waals surface area contributed by atoms with Crippen LogP contribution in [0.4, 0.5) is 0 Å². The van der Waals surface area contributed by atoms with Gasteiger partial charge in [-0.25, -0.2) is 0 Å². The van der Waals surface area contributed by atoms with Gasteiger partial charge in [-0.05, 0) is 77.0 Å². The van der Waals surface area contributed by atoms with E-state index in [0.29, 0.717) is 25.9 Å². The Bertz CT molecular complexity index is 1130. The maximum absolute atomic E-state index is 12.5. The maximum Gasteiger partial charge on any atom is 0.305 e. The summed E-state index contributed by atoms with van der Waals surface area (Å²) in [5.74, 6) is -0.0584. The van der Waals surface area contributed by atoms with Gasteiger partial charge in [-0.3, -0.25) is 9.59 Å². The van der Waals surface area contributed by atoms with Gasteiger partial charge in [0.1, 0.15) is 0 Å². The van der Waals surface area contributed by atoms with Gasteiger partial charge >= 0.3 is 5.97 Å². The van der Waals surface area contributed by atoms with Crippen LogP contribution in [0.25, 0.3) is 0 Å². The van der Waals surface area contributed by atoms with Crippen molar-refractivity contribution in [3.63, 3.8) is 0 Å². The molecule has 0 bridgehead atoms. The highest BCUT2D eigenvalue weighted by atomic mass is 16.5. The maximum atomic E-state index is 12.5. The molecule has 0 saturated carbocycles. The first-order chi connectivity index (χ1) is 34.5. The Labute approximate surface area is 436 Å². The zero-order valence-electron chi connectivity index (χ0n) is 47.0. The predicted molar refractivity (Wildman–Crippen MR) is 306 cm³/mol. The number of esters is 1. The first-order valence-electron chi connectivity index (χ1n) is 31.2. The molecule has 0 spiro atoms. The van der Waals surface area contributed by atoms with Gasteiger partial charge < -0.3 is 20.3 Å². The van der Waals surface area contributed by atoms with Crippen molar-refractivity contribution in [3.8, 4) is 0 Å². The first-order valence-corrected chi connectivity index (χ1v) is 31.2. The van der Waals surface area contributed by atoms with Crippen molar-refractivity contribution < 1.29 is 24.5 Å². The van der Waals surface area contributed by atoms with Crippen LogP contribution >= 0.6 is 0 Å². The van der Waals surface area contributed by atoms with Crippen LogP contribution in [-0.4, -0.2) is 47.4 Å². The number of hydrogen-bond donors (Lipinski definition) is 3. The fourth-order valence-electron chi connectivity index (χ4n) is 9.59. The van der Waals surface area contributed by atoms with Gasteiger partial charge in [-0.1, -0.05) is 281 Å². The first kappa shape index (κ1) is 68.1. The van der Waals surface area contributed by atoms with Crippen molar-refractivity contribution in [2.24, 2.45) is 0 Å². The van der Waals surface area contributed by atoms with Crippen LogP contribution in [0.2, 0.25) is 0 Å². The number of hydrogen-bond acceptors (Lipinski definition) is 5. The Morgan fingerprint density at radius 2 is 0.729 bits per heavy atom. The highest BCUT2D eigenvalue weighted by Gasteiger charge is 2.20. The van der Waals surface area contributed by atoms with E-state index in [0.717, 1.165) is 70.6 Å². The largest absolute Gasteiger partial charge is 0.466 e. The molecule has 0 fully saturated rings. The van der Waals surface area contributed by atoms with Gasteiger partial charge in [-0.2, -0.15) is 0 Å². The summed E-state index contributed by atoms with van der Waals surface area (Å²) >= 11 is 0. The molecular weight excluding hydrogens is 863 g/mol. The van der Waals surface area contributed by atoms with E-state index in [1.54, 1.807) is 0 Å². The lowest BCUT2D eigenvalue weighted by molar-refractivity contribution is -0.143. The summed E-state index contributed by atoms with van der Waals surface area (Å²) in [6.07, 6.45) is 74.3. The summed E-state index contributed by atoms with van der Waals surface area (Å²) in [7, 11) is 0. The van der Waals surface area contributed by atoms with E-state index in [1.807, 2.05) is 0 Å². The summed E-state index contributed by atoms with van der Waals surface area (Å²) in [4.78, 5) is 24.6. The molecule has 0 rings (SSSR count). The number of amides is 1. The molecule has 2 atom stereocenters. The molecule has 412 valence electrons. The molecule has 0 saturated heterocycles. The second-order valence-corrected chi connectivity index (χ2v) is 21.4. The second-order valence-electron chi connectivity index (χ2n) is 21.4. The number of allylic oxidation sites excluding steroid dienone is 6. The average Bonchev–Trinajstić information content (AvgIpc) is 3.36. The average molecular weight is 985 g/mol. The number of carbonyl (C=O) groups is 2. The molecule has 6 nitrogen and oxygen atoms in total. The van der Waals surface area contributed by atoms with Crippen LogP contribution in [0, 0.1) is 0 Å². The fourth-order valence-corrected chi connectivity index (χ4v) is 9.59. The van der Waals surface area contributed by atoms with E-state index >= 15 is 0 Å². The van der Waals surface area contributed by atoms with E-state index in [1.165, 1.54) is 231 Å². The summed E-state index contributed by atoms with van der Waals surface area (Å²) in [5, 5.41) is 23.4. The Morgan fingerprint density at radius 3 is 1.14 bits per heavy atom. The molecule has 6 heteroatoms. The Hall–Kier alpha value is -1.92. The van der Waals surface area contributed by atoms with E-state index in [-0.39, 0.29) is 18.5 Å². The number of ether oxygens (including phenoxy) is 1. The standard InChI is InChI=1S/C64H121NO5/c1-3-5-7-9-11-13-15-17-19-20-21-22-23-26-29-32-36-40-44-48-52-56-62(67)61(60-66)65-63(68)57-53-49-45-41-37-33-30-27-24-25-28-31-35-39-43-47-51-55-59-70-64(69)58-54-50-46-42-38-34-18-16-14-12-10-8-6-4-2/h10,12,16,18,27,30,61-62,66-67H,3-9,11,13-15,17,19-26,28-29,31-60H2,1-2H3,(H,65,68)/b12-10-,18-16-,30-27-. The molecule has 0 radical (unpaired) electrons. The number of unbranched alkanes of at least 4 members (excludes halogenated alkanes) is 41. The van der Waals surface area contributed by atoms with Crippen LogP contribution in [-0.2, 0) is 14.3 Å². The van der Waals surface area contributed by atoms with E-state index in [9.17, 15) is 19.8 Å². The van der Waals surface area contributed by atoms with Crippen LogP contribution in [0.15, 0.2) is 36.5 Å². The molecule has 0 aromatic carbocycles. The van der Waals surface area contributed by atoms with Crippen LogP contribution in [0.5, 0.6) is 0 Å². The molecule has 3 N–H and O–H groups in total. The minimum Gasteiger partial charge on any atom is -0.466 e. The topological polar surface area (TPSA) is 95.9 Å². The highest BCUT2D eigenvalue weighted by Crippen LogP contribution is 2.17. The Kier molecular flexibility index (Phi) is 58.0. The number of rotatable bonds is 58. The third-order valence-corrected chi connectivity index (χ3v) is 14.4. The molecule has 0 aromatic rings. The van der Waals surface area contributed by atoms with Crippen molar-refractivity contribution >= 4 is 11.9 Å². The SMILES string of the molecule is CCCC/C=C\C/C=C\CCCCCCCC(=O)OCCCCCCCCCCC/C=C\CCCCCCCC(=O)NC(CO)C(O)CCCCCCCCCCCCCCCCCCCCCCC. The predicted octanol–water partition coefficient (Wildman–Crippen LogP) is 19.6. The minimum absolute atomic E-state index is 0.0113. The smallest absolute Gasteiger partial charge is 0.305 e. The lowest BCUT2D eigenvalue weighted by Gasteiger charge is -2.22. The van der Waals surface area contributed by atoms with Gasteiger partial charge in [0, 0.05) is 12.8 Å². The Morgan fingerprint density at radius 1 is 0.400 bits per heavy atom. The summed E-state index contributed by atoms with van der Waals surface area (Å²) < 4.78 is 5.47. The fraction of sp³-hybridized carbons (Fsp3) is 0.875. The van der Waals surface area contributed by atoms with Gasteiger partial charge in [0.15, 0.2) is 0 Å². The van der Waals surface area contributed by atoms with Crippen LogP contribution in [0.1, 0.15) is 335 Å². The van der Waals surface area contributed by atoms with Crippen LogP contribution in [0.3, 0.4) is 0 Å². The second kappa shape index (κ2) is 59.6. The third kappa shape index (κ3) is 55.4. The lowest BCUT2D eigenvalue weighted by atomic mass is 10.0. The number of nitrogens with one attached hydrogen (secondary N) is 1. The van der Waals surface area contributed by atoms with Crippen molar-refractivity contribution in [2.75, 3.05) is 13.2 Å². The normalized spacial score (nSPS) is 12.8. The van der Waals surface area contributed by atoms with Gasteiger partial charge in [0.25, 0.3) is 0 Å². The third-order valence-electron chi connectivity index (χ3n) is 14.4.